The van der Waals surface area contributed by atoms with Gasteiger partial charge in [0.25, 0.3) is 0 Å². The highest BCUT2D eigenvalue weighted by Gasteiger charge is 2.36. The van der Waals surface area contributed by atoms with Crippen LogP contribution >= 0.6 is 0 Å². The molecular formula is C12H21N3O2S. The monoisotopic (exact) mass is 271 g/mol. The molecule has 1 heterocycles. The summed E-state index contributed by atoms with van der Waals surface area (Å²) in [5.41, 5.74) is 0. The van der Waals surface area contributed by atoms with Crippen molar-refractivity contribution in [3.8, 4) is 0 Å². The van der Waals surface area contributed by atoms with E-state index in [1.807, 2.05) is 24.7 Å². The molecule has 102 valence electrons. The van der Waals surface area contributed by atoms with Crippen molar-refractivity contribution in [3.05, 3.63) is 18.2 Å². The standard InChI is InChI=1S/C12H21N3O2S/c1-3-4-9-18(16,17)14-11(10-5-6-10)12-13-7-8-15(12)2/h7-8,10-11,14H,3-6,9H2,1-2H3/t11-/m1/s1. The van der Waals surface area contributed by atoms with Gasteiger partial charge >= 0.3 is 0 Å². The number of aryl methyl sites for hydroxylation is 1. The van der Waals surface area contributed by atoms with Gasteiger partial charge in [-0.05, 0) is 25.2 Å². The fourth-order valence-corrected chi connectivity index (χ4v) is 3.52. The van der Waals surface area contributed by atoms with Crippen LogP contribution in [0, 0.1) is 5.92 Å². The molecule has 2 rings (SSSR count). The Kier molecular flexibility index (Phi) is 4.07. The van der Waals surface area contributed by atoms with Gasteiger partial charge in [0.05, 0.1) is 11.8 Å². The number of rotatable bonds is 7. The summed E-state index contributed by atoms with van der Waals surface area (Å²) in [5.74, 6) is 1.43. The van der Waals surface area contributed by atoms with Crippen LogP contribution in [0.4, 0.5) is 0 Å². The third kappa shape index (κ3) is 3.32. The van der Waals surface area contributed by atoms with Crippen molar-refractivity contribution in [2.75, 3.05) is 5.75 Å². The predicted octanol–water partition coefficient (Wildman–Crippen LogP) is 1.59. The molecule has 5 nitrogen and oxygen atoms in total. The van der Waals surface area contributed by atoms with E-state index in [0.717, 1.165) is 25.1 Å². The van der Waals surface area contributed by atoms with E-state index in [9.17, 15) is 8.42 Å². The Hall–Kier alpha value is -0.880. The maximum atomic E-state index is 12.0. The van der Waals surface area contributed by atoms with Gasteiger partial charge in [0.15, 0.2) is 0 Å². The number of nitrogens with one attached hydrogen (secondary N) is 1. The third-order valence-electron chi connectivity index (χ3n) is 3.30. The number of unbranched alkanes of at least 4 members (excludes halogenated alkanes) is 1. The zero-order chi connectivity index (χ0) is 13.2. The van der Waals surface area contributed by atoms with Gasteiger partial charge in [0.2, 0.25) is 10.0 Å². The van der Waals surface area contributed by atoms with Crippen molar-refractivity contribution in [1.82, 2.24) is 14.3 Å². The Morgan fingerprint density at radius 1 is 1.56 bits per heavy atom. The average molecular weight is 271 g/mol. The van der Waals surface area contributed by atoms with Gasteiger partial charge in [0.1, 0.15) is 5.82 Å². The van der Waals surface area contributed by atoms with Gasteiger partial charge < -0.3 is 4.57 Å². The molecule has 1 aromatic heterocycles. The van der Waals surface area contributed by atoms with Crippen LogP contribution < -0.4 is 4.72 Å². The number of nitrogens with zero attached hydrogens (tertiary/aromatic N) is 2. The second-order valence-electron chi connectivity index (χ2n) is 5.00. The van der Waals surface area contributed by atoms with Crippen molar-refractivity contribution in [2.45, 2.75) is 38.6 Å². The molecule has 18 heavy (non-hydrogen) atoms. The van der Waals surface area contributed by atoms with Gasteiger partial charge in [-0.25, -0.2) is 18.1 Å². The summed E-state index contributed by atoms with van der Waals surface area (Å²) in [7, 11) is -1.29. The molecule has 1 saturated carbocycles. The van der Waals surface area contributed by atoms with E-state index in [0.29, 0.717) is 12.3 Å². The summed E-state index contributed by atoms with van der Waals surface area (Å²) in [4.78, 5) is 4.28. The Balaban J connectivity index is 2.10. The van der Waals surface area contributed by atoms with E-state index in [1.54, 1.807) is 6.20 Å². The highest BCUT2D eigenvalue weighted by atomic mass is 32.2. The van der Waals surface area contributed by atoms with Gasteiger partial charge in [-0.3, -0.25) is 0 Å². The van der Waals surface area contributed by atoms with Crippen LogP contribution in [0.25, 0.3) is 0 Å². The summed E-state index contributed by atoms with van der Waals surface area (Å²) in [6.07, 6.45) is 7.31. The zero-order valence-electron chi connectivity index (χ0n) is 11.0. The van der Waals surface area contributed by atoms with E-state index in [4.69, 9.17) is 0 Å². The summed E-state index contributed by atoms with van der Waals surface area (Å²) in [6, 6.07) is -0.160. The fraction of sp³-hybridized carbons (Fsp3) is 0.750. The van der Waals surface area contributed by atoms with Crippen molar-refractivity contribution >= 4 is 10.0 Å². The van der Waals surface area contributed by atoms with E-state index < -0.39 is 10.0 Å². The molecule has 0 aromatic carbocycles. The largest absolute Gasteiger partial charge is 0.337 e. The van der Waals surface area contributed by atoms with E-state index in [-0.39, 0.29) is 11.8 Å². The fourth-order valence-electron chi connectivity index (χ4n) is 2.05. The molecule has 1 N–H and O–H groups in total. The normalized spacial score (nSPS) is 17.9. The molecule has 0 spiro atoms. The Bertz CT molecular complexity index is 491. The Morgan fingerprint density at radius 2 is 2.28 bits per heavy atom. The predicted molar refractivity (Wildman–Crippen MR) is 70.5 cm³/mol. The summed E-state index contributed by atoms with van der Waals surface area (Å²) < 4.78 is 28.7. The first-order valence-electron chi connectivity index (χ1n) is 6.50. The second-order valence-corrected chi connectivity index (χ2v) is 6.88. The molecule has 1 aliphatic carbocycles. The average Bonchev–Trinajstić information content (AvgIpc) is 3.07. The van der Waals surface area contributed by atoms with Crippen molar-refractivity contribution in [2.24, 2.45) is 13.0 Å². The molecule has 1 aromatic rings. The van der Waals surface area contributed by atoms with Gasteiger partial charge in [-0.15, -0.1) is 0 Å². The molecule has 1 fully saturated rings. The zero-order valence-corrected chi connectivity index (χ0v) is 11.8. The lowest BCUT2D eigenvalue weighted by Crippen LogP contribution is -2.33. The topological polar surface area (TPSA) is 64.0 Å². The molecule has 0 unspecified atom stereocenters. The van der Waals surface area contributed by atoms with Crippen LogP contribution in [0.5, 0.6) is 0 Å². The van der Waals surface area contributed by atoms with Crippen LogP contribution in [0.2, 0.25) is 0 Å². The Labute approximate surface area is 109 Å². The number of aromatic nitrogens is 2. The van der Waals surface area contributed by atoms with E-state index in [2.05, 4.69) is 9.71 Å². The molecule has 0 aliphatic heterocycles. The van der Waals surface area contributed by atoms with Crippen LogP contribution in [-0.2, 0) is 17.1 Å². The lowest BCUT2D eigenvalue weighted by Gasteiger charge is -2.18. The highest BCUT2D eigenvalue weighted by Crippen LogP contribution is 2.40. The molecule has 6 heteroatoms. The number of sulfonamides is 1. The first-order valence-corrected chi connectivity index (χ1v) is 8.16. The molecule has 1 atom stereocenters. The summed E-state index contributed by atoms with van der Waals surface area (Å²) in [5, 5.41) is 0. The summed E-state index contributed by atoms with van der Waals surface area (Å²) in [6.45, 7) is 1.99. The van der Waals surface area contributed by atoms with E-state index in [1.165, 1.54) is 0 Å². The highest BCUT2D eigenvalue weighted by molar-refractivity contribution is 7.89. The van der Waals surface area contributed by atoms with E-state index >= 15 is 0 Å². The van der Waals surface area contributed by atoms with Crippen LogP contribution in [0.3, 0.4) is 0 Å². The second kappa shape index (κ2) is 5.40. The van der Waals surface area contributed by atoms with Crippen LogP contribution in [0.15, 0.2) is 12.4 Å². The van der Waals surface area contributed by atoms with Gasteiger partial charge in [-0.2, -0.15) is 0 Å². The smallest absolute Gasteiger partial charge is 0.212 e. The quantitative estimate of drug-likeness (QED) is 0.819. The van der Waals surface area contributed by atoms with Crippen molar-refractivity contribution in [1.29, 1.82) is 0 Å². The maximum absolute atomic E-state index is 12.0. The molecule has 0 bridgehead atoms. The number of hydrogen-bond donors (Lipinski definition) is 1. The minimum atomic E-state index is -3.19. The first kappa shape index (κ1) is 13.5. The first-order chi connectivity index (χ1) is 8.53. The summed E-state index contributed by atoms with van der Waals surface area (Å²) >= 11 is 0. The van der Waals surface area contributed by atoms with Crippen LogP contribution in [0.1, 0.15) is 44.5 Å². The van der Waals surface area contributed by atoms with Gasteiger partial charge in [-0.1, -0.05) is 13.3 Å². The molecular weight excluding hydrogens is 250 g/mol. The maximum Gasteiger partial charge on any atom is 0.212 e. The molecule has 0 radical (unpaired) electrons. The molecule has 0 saturated heterocycles. The lowest BCUT2D eigenvalue weighted by molar-refractivity contribution is 0.499. The lowest BCUT2D eigenvalue weighted by atomic mass is 10.2. The number of hydrogen-bond acceptors (Lipinski definition) is 3. The van der Waals surface area contributed by atoms with Crippen molar-refractivity contribution in [3.63, 3.8) is 0 Å². The number of imidazole rings is 1. The molecule has 0 amide bonds. The van der Waals surface area contributed by atoms with Crippen LogP contribution in [-0.4, -0.2) is 23.7 Å². The third-order valence-corrected chi connectivity index (χ3v) is 4.74. The molecule has 1 aliphatic rings. The Morgan fingerprint density at radius 3 is 2.78 bits per heavy atom. The minimum absolute atomic E-state index is 0.160. The minimum Gasteiger partial charge on any atom is -0.337 e. The van der Waals surface area contributed by atoms with Crippen molar-refractivity contribution < 1.29 is 8.42 Å². The van der Waals surface area contributed by atoms with Gasteiger partial charge in [0, 0.05) is 19.4 Å². The SMILES string of the molecule is CCCCS(=O)(=O)N[C@@H](c1nccn1C)C1CC1.